The lowest BCUT2D eigenvalue weighted by Gasteiger charge is -2.07. The summed E-state index contributed by atoms with van der Waals surface area (Å²) >= 11 is 0. The SMILES string of the molecule is Cc1cc(C)c2oc(=O)cc(-c3oc4ccccc4c3C)c2c1. The van der Waals surface area contributed by atoms with E-state index in [0.29, 0.717) is 5.58 Å². The van der Waals surface area contributed by atoms with Gasteiger partial charge in [0.2, 0.25) is 0 Å². The minimum absolute atomic E-state index is 0.362. The summed E-state index contributed by atoms with van der Waals surface area (Å²) in [6.45, 7) is 6.00. The van der Waals surface area contributed by atoms with E-state index < -0.39 is 0 Å². The fourth-order valence-electron chi connectivity index (χ4n) is 3.23. The van der Waals surface area contributed by atoms with Crippen LogP contribution in [0.2, 0.25) is 0 Å². The zero-order chi connectivity index (χ0) is 16.1. The highest BCUT2D eigenvalue weighted by Gasteiger charge is 2.17. The van der Waals surface area contributed by atoms with Crippen molar-refractivity contribution in [2.24, 2.45) is 0 Å². The minimum atomic E-state index is -0.362. The molecule has 0 aliphatic rings. The van der Waals surface area contributed by atoms with Crippen molar-refractivity contribution < 1.29 is 8.83 Å². The van der Waals surface area contributed by atoms with Gasteiger partial charge in [-0.25, -0.2) is 4.79 Å². The lowest BCUT2D eigenvalue weighted by atomic mass is 10.0. The number of fused-ring (bicyclic) bond motifs is 2. The molecule has 3 nitrogen and oxygen atoms in total. The molecule has 0 aliphatic carbocycles. The normalized spacial score (nSPS) is 11.4. The second-order valence-corrected chi connectivity index (χ2v) is 5.99. The fourth-order valence-corrected chi connectivity index (χ4v) is 3.23. The fraction of sp³-hybridized carbons (Fsp3) is 0.150. The molecule has 0 bridgehead atoms. The molecule has 2 heterocycles. The van der Waals surface area contributed by atoms with Gasteiger partial charge in [-0.2, -0.15) is 0 Å². The predicted octanol–water partition coefficient (Wildman–Crippen LogP) is 5.13. The molecule has 0 atom stereocenters. The van der Waals surface area contributed by atoms with E-state index in [4.69, 9.17) is 8.83 Å². The summed E-state index contributed by atoms with van der Waals surface area (Å²) in [7, 11) is 0. The Hall–Kier alpha value is -2.81. The van der Waals surface area contributed by atoms with Gasteiger partial charge in [0.1, 0.15) is 16.9 Å². The van der Waals surface area contributed by atoms with Crippen molar-refractivity contribution in [3.8, 4) is 11.3 Å². The molecule has 0 saturated carbocycles. The van der Waals surface area contributed by atoms with Crippen molar-refractivity contribution in [1.82, 2.24) is 0 Å². The molecule has 3 heteroatoms. The molecule has 4 aromatic rings. The Labute approximate surface area is 133 Å². The Kier molecular flexibility index (Phi) is 2.91. The number of hydrogen-bond acceptors (Lipinski definition) is 3. The first-order valence-corrected chi connectivity index (χ1v) is 7.58. The quantitative estimate of drug-likeness (QED) is 0.458. The summed E-state index contributed by atoms with van der Waals surface area (Å²) in [4.78, 5) is 12.0. The Balaban J connectivity index is 2.16. The molecule has 2 aromatic heterocycles. The van der Waals surface area contributed by atoms with Crippen LogP contribution in [0.5, 0.6) is 0 Å². The molecule has 0 radical (unpaired) electrons. The molecule has 0 spiro atoms. The zero-order valence-corrected chi connectivity index (χ0v) is 13.3. The van der Waals surface area contributed by atoms with Crippen LogP contribution in [0.25, 0.3) is 33.3 Å². The third kappa shape index (κ3) is 2.08. The van der Waals surface area contributed by atoms with Crippen molar-refractivity contribution in [3.63, 3.8) is 0 Å². The van der Waals surface area contributed by atoms with E-state index in [1.165, 1.54) is 6.07 Å². The van der Waals surface area contributed by atoms with Crippen LogP contribution < -0.4 is 5.63 Å². The van der Waals surface area contributed by atoms with Crippen LogP contribution in [0.3, 0.4) is 0 Å². The predicted molar refractivity (Wildman–Crippen MR) is 91.9 cm³/mol. The Morgan fingerprint density at radius 2 is 1.65 bits per heavy atom. The van der Waals surface area contributed by atoms with Gasteiger partial charge in [0, 0.05) is 28.0 Å². The molecule has 2 aromatic carbocycles. The Morgan fingerprint density at radius 1 is 0.870 bits per heavy atom. The lowest BCUT2D eigenvalue weighted by molar-refractivity contribution is 0.557. The standard InChI is InChI=1S/C20H16O3/c1-11-8-12(2)19-15(9-11)16(10-18(21)23-19)20-13(3)14-6-4-5-7-17(14)22-20/h4-10H,1-3H3. The van der Waals surface area contributed by atoms with Crippen molar-refractivity contribution >= 4 is 21.9 Å². The van der Waals surface area contributed by atoms with Gasteiger partial charge in [-0.05, 0) is 44.0 Å². The molecule has 0 unspecified atom stereocenters. The zero-order valence-electron chi connectivity index (χ0n) is 13.3. The second kappa shape index (κ2) is 4.85. The summed E-state index contributed by atoms with van der Waals surface area (Å²) in [6.07, 6.45) is 0. The maximum absolute atomic E-state index is 12.0. The van der Waals surface area contributed by atoms with Gasteiger partial charge in [-0.1, -0.05) is 24.3 Å². The first-order valence-electron chi connectivity index (χ1n) is 7.58. The maximum Gasteiger partial charge on any atom is 0.336 e. The highest BCUT2D eigenvalue weighted by Crippen LogP contribution is 2.36. The molecule has 0 fully saturated rings. The van der Waals surface area contributed by atoms with Crippen molar-refractivity contribution in [1.29, 1.82) is 0 Å². The van der Waals surface area contributed by atoms with E-state index in [1.807, 2.05) is 57.2 Å². The van der Waals surface area contributed by atoms with Crippen molar-refractivity contribution in [2.75, 3.05) is 0 Å². The maximum atomic E-state index is 12.0. The van der Waals surface area contributed by atoms with Crippen molar-refractivity contribution in [2.45, 2.75) is 20.8 Å². The van der Waals surface area contributed by atoms with E-state index in [-0.39, 0.29) is 5.63 Å². The molecule has 0 N–H and O–H groups in total. The summed E-state index contributed by atoms with van der Waals surface area (Å²) in [5.74, 6) is 0.731. The third-order valence-electron chi connectivity index (χ3n) is 4.26. The molecular formula is C20H16O3. The molecule has 114 valence electrons. The second-order valence-electron chi connectivity index (χ2n) is 5.99. The van der Waals surface area contributed by atoms with Crippen LogP contribution in [0, 0.1) is 20.8 Å². The van der Waals surface area contributed by atoms with Crippen LogP contribution >= 0.6 is 0 Å². The Bertz CT molecular complexity index is 1110. The van der Waals surface area contributed by atoms with Crippen LogP contribution in [-0.2, 0) is 0 Å². The smallest absolute Gasteiger partial charge is 0.336 e. The van der Waals surface area contributed by atoms with E-state index >= 15 is 0 Å². The van der Waals surface area contributed by atoms with Crippen LogP contribution in [0.1, 0.15) is 16.7 Å². The monoisotopic (exact) mass is 304 g/mol. The first kappa shape index (κ1) is 13.8. The summed E-state index contributed by atoms with van der Waals surface area (Å²) in [5, 5.41) is 1.97. The highest BCUT2D eigenvalue weighted by atomic mass is 16.4. The van der Waals surface area contributed by atoms with Gasteiger partial charge in [0.25, 0.3) is 0 Å². The number of benzene rings is 2. The van der Waals surface area contributed by atoms with Gasteiger partial charge in [0.15, 0.2) is 0 Å². The van der Waals surface area contributed by atoms with Crippen LogP contribution in [-0.4, -0.2) is 0 Å². The highest BCUT2D eigenvalue weighted by molar-refractivity contribution is 5.98. The van der Waals surface area contributed by atoms with Gasteiger partial charge < -0.3 is 8.83 Å². The van der Waals surface area contributed by atoms with Crippen molar-refractivity contribution in [3.05, 3.63) is 69.6 Å². The Morgan fingerprint density at radius 3 is 2.43 bits per heavy atom. The summed E-state index contributed by atoms with van der Waals surface area (Å²) < 4.78 is 11.5. The number of furan rings is 1. The van der Waals surface area contributed by atoms with Gasteiger partial charge in [-0.3, -0.25) is 0 Å². The molecular weight excluding hydrogens is 288 g/mol. The number of hydrogen-bond donors (Lipinski definition) is 0. The number of para-hydroxylation sites is 1. The van der Waals surface area contributed by atoms with Crippen LogP contribution in [0.15, 0.2) is 56.1 Å². The topological polar surface area (TPSA) is 43.4 Å². The molecule has 4 rings (SSSR count). The molecule has 23 heavy (non-hydrogen) atoms. The molecule has 0 saturated heterocycles. The van der Waals surface area contributed by atoms with Gasteiger partial charge in [-0.15, -0.1) is 0 Å². The van der Waals surface area contributed by atoms with Gasteiger partial charge >= 0.3 is 5.63 Å². The number of rotatable bonds is 1. The average molecular weight is 304 g/mol. The summed E-state index contributed by atoms with van der Waals surface area (Å²) in [6, 6.07) is 13.5. The van der Waals surface area contributed by atoms with Crippen LogP contribution in [0.4, 0.5) is 0 Å². The average Bonchev–Trinajstić information content (AvgIpc) is 2.85. The lowest BCUT2D eigenvalue weighted by Crippen LogP contribution is -1.99. The van der Waals surface area contributed by atoms with E-state index in [9.17, 15) is 4.79 Å². The molecule has 0 amide bonds. The third-order valence-corrected chi connectivity index (χ3v) is 4.26. The first-order chi connectivity index (χ1) is 11.0. The number of aryl methyl sites for hydroxylation is 3. The minimum Gasteiger partial charge on any atom is -0.456 e. The molecule has 0 aliphatic heterocycles. The van der Waals surface area contributed by atoms with E-state index in [0.717, 1.165) is 44.4 Å². The van der Waals surface area contributed by atoms with Gasteiger partial charge in [0.05, 0.1) is 0 Å². The van der Waals surface area contributed by atoms with E-state index in [2.05, 4.69) is 0 Å². The summed E-state index contributed by atoms with van der Waals surface area (Å²) in [5.41, 5.74) is 4.98. The largest absolute Gasteiger partial charge is 0.456 e. The van der Waals surface area contributed by atoms with E-state index in [1.54, 1.807) is 0 Å².